The quantitative estimate of drug-likeness (QED) is 0.367. The molecule has 3 aromatic carbocycles. The number of nitrogens with one attached hydrogen (secondary N) is 1. The molecule has 0 saturated carbocycles. The van der Waals surface area contributed by atoms with E-state index in [1.54, 1.807) is 56.3 Å². The number of anilines is 2. The van der Waals surface area contributed by atoms with Crippen molar-refractivity contribution in [3.63, 3.8) is 0 Å². The van der Waals surface area contributed by atoms with Gasteiger partial charge in [0.05, 0.1) is 11.4 Å². The van der Waals surface area contributed by atoms with Crippen molar-refractivity contribution in [2.75, 3.05) is 36.4 Å². The molecule has 1 aliphatic rings. The third kappa shape index (κ3) is 7.06. The summed E-state index contributed by atoms with van der Waals surface area (Å²) >= 11 is 12.2. The van der Waals surface area contributed by atoms with Crippen LogP contribution in [0.2, 0.25) is 10.0 Å². The number of amides is 2. The van der Waals surface area contributed by atoms with Gasteiger partial charge in [0.25, 0.3) is 5.91 Å². The Morgan fingerprint density at radius 3 is 2.22 bits per heavy atom. The van der Waals surface area contributed by atoms with Crippen molar-refractivity contribution in [3.8, 4) is 5.75 Å². The summed E-state index contributed by atoms with van der Waals surface area (Å²) < 4.78 is 5.93. The van der Waals surface area contributed by atoms with Gasteiger partial charge in [0.15, 0.2) is 5.60 Å². The molecule has 0 bridgehead atoms. The molecule has 0 aliphatic carbocycles. The van der Waals surface area contributed by atoms with Crippen LogP contribution in [0.15, 0.2) is 78.9 Å². The Hall–Kier alpha value is -3.48. The topological polar surface area (TPSA) is 61.9 Å². The molecule has 1 N–H and O–H groups in total. The predicted molar refractivity (Wildman–Crippen MR) is 151 cm³/mol. The first-order valence-corrected chi connectivity index (χ1v) is 12.8. The Balaban J connectivity index is 1.41. The van der Waals surface area contributed by atoms with Gasteiger partial charge in [-0.25, -0.2) is 0 Å². The molecule has 192 valence electrons. The van der Waals surface area contributed by atoms with E-state index in [1.165, 1.54) is 0 Å². The maximum absolute atomic E-state index is 13.2. The van der Waals surface area contributed by atoms with E-state index in [0.717, 1.165) is 11.3 Å². The van der Waals surface area contributed by atoms with Gasteiger partial charge in [0, 0.05) is 42.3 Å². The number of benzene rings is 3. The number of hydrogen-bond donors (Lipinski definition) is 1. The number of halogens is 2. The lowest BCUT2D eigenvalue weighted by Crippen LogP contribution is -2.48. The second-order valence-corrected chi connectivity index (χ2v) is 10.1. The van der Waals surface area contributed by atoms with E-state index in [1.807, 2.05) is 47.4 Å². The number of nitrogens with zero attached hydrogens (tertiary/aromatic N) is 2. The molecule has 0 unspecified atom stereocenters. The van der Waals surface area contributed by atoms with Gasteiger partial charge in [-0.05, 0) is 68.0 Å². The molecule has 0 atom stereocenters. The average molecular weight is 538 g/mol. The van der Waals surface area contributed by atoms with Gasteiger partial charge in [-0.2, -0.15) is 0 Å². The molecule has 1 heterocycles. The van der Waals surface area contributed by atoms with E-state index in [9.17, 15) is 9.59 Å². The van der Waals surface area contributed by atoms with Gasteiger partial charge in [-0.3, -0.25) is 9.59 Å². The van der Waals surface area contributed by atoms with Crippen molar-refractivity contribution in [3.05, 3.63) is 94.5 Å². The zero-order valence-electron chi connectivity index (χ0n) is 20.8. The largest absolute Gasteiger partial charge is 0.478 e. The molecule has 3 aromatic rings. The molecule has 8 heteroatoms. The molecule has 1 fully saturated rings. The van der Waals surface area contributed by atoms with Gasteiger partial charge >= 0.3 is 0 Å². The number of carbonyl (C=O) groups is 2. The van der Waals surface area contributed by atoms with E-state index in [4.69, 9.17) is 27.9 Å². The Morgan fingerprint density at radius 2 is 1.54 bits per heavy atom. The minimum atomic E-state index is -1.15. The predicted octanol–water partition coefficient (Wildman–Crippen LogP) is 6.15. The Morgan fingerprint density at radius 1 is 0.892 bits per heavy atom. The van der Waals surface area contributed by atoms with Crippen molar-refractivity contribution in [2.45, 2.75) is 19.4 Å². The van der Waals surface area contributed by atoms with Gasteiger partial charge in [0.2, 0.25) is 5.91 Å². The second kappa shape index (κ2) is 11.7. The Bertz CT molecular complexity index is 1270. The summed E-state index contributed by atoms with van der Waals surface area (Å²) in [4.78, 5) is 29.8. The normalized spacial score (nSPS) is 14.1. The van der Waals surface area contributed by atoms with Crippen LogP contribution < -0.4 is 15.0 Å². The van der Waals surface area contributed by atoms with Crippen LogP contribution in [-0.2, 0) is 9.59 Å². The molecule has 0 radical (unpaired) electrons. The highest BCUT2D eigenvalue weighted by atomic mass is 35.5. The van der Waals surface area contributed by atoms with Crippen LogP contribution in [0.1, 0.15) is 19.4 Å². The summed E-state index contributed by atoms with van der Waals surface area (Å²) in [5.41, 5.74) is 1.27. The Kier molecular flexibility index (Phi) is 8.41. The van der Waals surface area contributed by atoms with Crippen LogP contribution in [0.25, 0.3) is 6.08 Å². The number of rotatable bonds is 7. The lowest BCUT2D eigenvalue weighted by Gasteiger charge is -2.37. The summed E-state index contributed by atoms with van der Waals surface area (Å²) in [5.74, 6) is 0.207. The fourth-order valence-electron chi connectivity index (χ4n) is 4.01. The highest BCUT2D eigenvalue weighted by Gasteiger charge is 2.31. The standard InChI is InChI=1S/C29H29Cl2N3O3/c1-29(2,37-24-12-9-22(30)10-13-24)28(36)32-25-20-23(31)11-14-26(25)33-16-18-34(19-17-33)27(35)15-8-21-6-4-3-5-7-21/h3-15,20H,16-19H2,1-2H3,(H,32,36)/b15-8+. The van der Waals surface area contributed by atoms with E-state index >= 15 is 0 Å². The van der Waals surface area contributed by atoms with E-state index in [2.05, 4.69) is 10.2 Å². The molecule has 2 amide bonds. The fourth-order valence-corrected chi connectivity index (χ4v) is 4.30. The summed E-state index contributed by atoms with van der Waals surface area (Å²) in [6.07, 6.45) is 3.44. The van der Waals surface area contributed by atoms with Crippen LogP contribution in [0.5, 0.6) is 5.75 Å². The van der Waals surface area contributed by atoms with Gasteiger partial charge < -0.3 is 19.9 Å². The van der Waals surface area contributed by atoms with Gasteiger partial charge in [-0.15, -0.1) is 0 Å². The van der Waals surface area contributed by atoms with Crippen LogP contribution in [0.3, 0.4) is 0 Å². The van der Waals surface area contributed by atoms with Gasteiger partial charge in [-0.1, -0.05) is 53.5 Å². The highest BCUT2D eigenvalue weighted by molar-refractivity contribution is 6.31. The monoisotopic (exact) mass is 537 g/mol. The van der Waals surface area contributed by atoms with Crippen molar-refractivity contribution in [1.29, 1.82) is 0 Å². The van der Waals surface area contributed by atoms with Crippen LogP contribution in [-0.4, -0.2) is 48.5 Å². The van der Waals surface area contributed by atoms with E-state index in [0.29, 0.717) is 47.7 Å². The molecule has 6 nitrogen and oxygen atoms in total. The summed E-state index contributed by atoms with van der Waals surface area (Å²) in [5, 5.41) is 4.08. The lowest BCUT2D eigenvalue weighted by atomic mass is 10.1. The lowest BCUT2D eigenvalue weighted by molar-refractivity contribution is -0.128. The maximum Gasteiger partial charge on any atom is 0.268 e. The molecule has 37 heavy (non-hydrogen) atoms. The SMILES string of the molecule is CC(C)(Oc1ccc(Cl)cc1)C(=O)Nc1cc(Cl)ccc1N1CCN(C(=O)/C=C/c2ccccc2)CC1. The number of piperazine rings is 1. The van der Waals surface area contributed by atoms with Crippen molar-refractivity contribution >= 4 is 52.5 Å². The minimum absolute atomic E-state index is 0.0192. The van der Waals surface area contributed by atoms with E-state index < -0.39 is 5.60 Å². The first-order valence-electron chi connectivity index (χ1n) is 12.0. The summed E-state index contributed by atoms with van der Waals surface area (Å²) in [7, 11) is 0. The van der Waals surface area contributed by atoms with Crippen molar-refractivity contribution in [2.24, 2.45) is 0 Å². The van der Waals surface area contributed by atoms with Crippen molar-refractivity contribution < 1.29 is 14.3 Å². The smallest absolute Gasteiger partial charge is 0.268 e. The van der Waals surface area contributed by atoms with Crippen LogP contribution >= 0.6 is 23.2 Å². The number of ether oxygens (including phenoxy) is 1. The van der Waals surface area contributed by atoms with Crippen LogP contribution in [0, 0.1) is 0 Å². The molecular formula is C29H29Cl2N3O3. The first kappa shape index (κ1) is 26.6. The molecule has 1 saturated heterocycles. The Labute approximate surface area is 227 Å². The van der Waals surface area contributed by atoms with Crippen LogP contribution in [0.4, 0.5) is 11.4 Å². The molecular weight excluding hydrogens is 509 g/mol. The molecule has 0 spiro atoms. The summed E-state index contributed by atoms with van der Waals surface area (Å²) in [6.45, 7) is 5.79. The third-order valence-electron chi connectivity index (χ3n) is 6.09. The average Bonchev–Trinajstić information content (AvgIpc) is 2.89. The second-order valence-electron chi connectivity index (χ2n) is 9.24. The number of hydrogen-bond acceptors (Lipinski definition) is 4. The summed E-state index contributed by atoms with van der Waals surface area (Å²) in [6, 6.07) is 22.0. The molecule has 0 aromatic heterocycles. The van der Waals surface area contributed by atoms with Crippen molar-refractivity contribution in [1.82, 2.24) is 4.90 Å². The minimum Gasteiger partial charge on any atom is -0.478 e. The van der Waals surface area contributed by atoms with Gasteiger partial charge in [0.1, 0.15) is 5.75 Å². The maximum atomic E-state index is 13.2. The fraction of sp³-hybridized carbons (Fsp3) is 0.241. The zero-order valence-corrected chi connectivity index (χ0v) is 22.3. The van der Waals surface area contributed by atoms with E-state index in [-0.39, 0.29) is 11.8 Å². The zero-order chi connectivity index (χ0) is 26.4. The third-order valence-corrected chi connectivity index (χ3v) is 6.58. The number of carbonyl (C=O) groups excluding carboxylic acids is 2. The molecule has 4 rings (SSSR count). The molecule has 1 aliphatic heterocycles. The highest BCUT2D eigenvalue weighted by Crippen LogP contribution is 2.31. The first-order chi connectivity index (χ1) is 17.7.